The Kier molecular flexibility index (Phi) is 41.5. The standard InChI is InChI=1S/C52H98O9/c1-3-5-7-9-11-13-15-17-19-21-23-24-26-28-30-32-34-36-38-40-42-58-44-46(45-59-52-51(57)50(56)49(55)47(43-53)61-52)60-48(54)41-39-37-35-33-31-29-27-25-22-20-18-16-14-12-10-8-6-4-2/h17,19-20,22,46-47,49-53,55-57H,3-16,18,21,23-45H2,1-2H3/b19-17-,22-20-. The van der Waals surface area contributed by atoms with E-state index in [-0.39, 0.29) is 19.2 Å². The van der Waals surface area contributed by atoms with E-state index in [0.29, 0.717) is 13.0 Å². The topological polar surface area (TPSA) is 135 Å². The van der Waals surface area contributed by atoms with Gasteiger partial charge in [0.05, 0.1) is 19.8 Å². The van der Waals surface area contributed by atoms with E-state index in [1.54, 1.807) is 0 Å². The van der Waals surface area contributed by atoms with Crippen molar-refractivity contribution in [2.75, 3.05) is 26.4 Å². The third kappa shape index (κ3) is 34.7. The van der Waals surface area contributed by atoms with Gasteiger partial charge in [-0.2, -0.15) is 0 Å². The zero-order valence-corrected chi connectivity index (χ0v) is 39.7. The Morgan fingerprint density at radius 1 is 0.508 bits per heavy atom. The second-order valence-corrected chi connectivity index (χ2v) is 18.0. The highest BCUT2D eigenvalue weighted by Gasteiger charge is 2.44. The maximum absolute atomic E-state index is 12.8. The Bertz CT molecular complexity index is 988. The van der Waals surface area contributed by atoms with E-state index in [0.717, 1.165) is 32.1 Å². The number of esters is 1. The summed E-state index contributed by atoms with van der Waals surface area (Å²) in [7, 11) is 0. The van der Waals surface area contributed by atoms with Gasteiger partial charge in [0.15, 0.2) is 6.29 Å². The van der Waals surface area contributed by atoms with Crippen molar-refractivity contribution in [3.8, 4) is 0 Å². The van der Waals surface area contributed by atoms with Crippen molar-refractivity contribution in [1.82, 2.24) is 0 Å². The molecule has 0 saturated carbocycles. The van der Waals surface area contributed by atoms with E-state index in [1.165, 1.54) is 186 Å². The summed E-state index contributed by atoms with van der Waals surface area (Å²) in [5.74, 6) is -0.315. The maximum Gasteiger partial charge on any atom is 0.306 e. The molecule has 0 aromatic carbocycles. The van der Waals surface area contributed by atoms with E-state index >= 15 is 0 Å². The molecule has 0 aromatic rings. The zero-order chi connectivity index (χ0) is 44.3. The van der Waals surface area contributed by atoms with Gasteiger partial charge in [-0.1, -0.05) is 192 Å². The molecule has 9 heteroatoms. The minimum Gasteiger partial charge on any atom is -0.457 e. The number of aliphatic hydroxyl groups is 4. The fourth-order valence-corrected chi connectivity index (χ4v) is 8.01. The van der Waals surface area contributed by atoms with E-state index in [2.05, 4.69) is 38.2 Å². The van der Waals surface area contributed by atoms with Gasteiger partial charge in [-0.25, -0.2) is 0 Å². The first-order chi connectivity index (χ1) is 29.9. The predicted octanol–water partition coefficient (Wildman–Crippen LogP) is 12.5. The van der Waals surface area contributed by atoms with Crippen LogP contribution in [0.3, 0.4) is 0 Å². The number of allylic oxidation sites excluding steroid dienone is 4. The number of unbranched alkanes of at least 4 members (excludes halogenated alkanes) is 30. The Labute approximate surface area is 375 Å². The van der Waals surface area contributed by atoms with Gasteiger partial charge in [-0.15, -0.1) is 0 Å². The molecule has 61 heavy (non-hydrogen) atoms. The average molecular weight is 867 g/mol. The van der Waals surface area contributed by atoms with Gasteiger partial charge in [-0.3, -0.25) is 4.79 Å². The van der Waals surface area contributed by atoms with Crippen LogP contribution in [0, 0.1) is 0 Å². The van der Waals surface area contributed by atoms with Gasteiger partial charge in [0.25, 0.3) is 0 Å². The molecule has 1 rings (SSSR count). The van der Waals surface area contributed by atoms with Gasteiger partial charge in [0.2, 0.25) is 0 Å². The second-order valence-electron chi connectivity index (χ2n) is 18.0. The zero-order valence-electron chi connectivity index (χ0n) is 39.7. The highest BCUT2D eigenvalue weighted by molar-refractivity contribution is 5.69. The number of ether oxygens (including phenoxy) is 4. The molecule has 0 aliphatic carbocycles. The van der Waals surface area contributed by atoms with Crippen molar-refractivity contribution in [1.29, 1.82) is 0 Å². The quantitative estimate of drug-likeness (QED) is 0.0268. The summed E-state index contributed by atoms with van der Waals surface area (Å²) in [6.45, 7) is 4.58. The van der Waals surface area contributed by atoms with Crippen molar-refractivity contribution in [3.05, 3.63) is 24.3 Å². The molecule has 0 aromatic heterocycles. The van der Waals surface area contributed by atoms with Crippen LogP contribution in [0.2, 0.25) is 0 Å². The molecule has 0 bridgehead atoms. The van der Waals surface area contributed by atoms with Crippen molar-refractivity contribution in [2.45, 2.75) is 275 Å². The number of hydrogen-bond acceptors (Lipinski definition) is 9. The van der Waals surface area contributed by atoms with Gasteiger partial charge < -0.3 is 39.4 Å². The molecule has 1 heterocycles. The molecule has 360 valence electrons. The normalized spacial score (nSPS) is 20.0. The Hall–Kier alpha value is -1.33. The fraction of sp³-hybridized carbons (Fsp3) is 0.904. The molecule has 1 fully saturated rings. The predicted molar refractivity (Wildman–Crippen MR) is 252 cm³/mol. The van der Waals surface area contributed by atoms with Crippen LogP contribution in [-0.2, 0) is 23.7 Å². The minimum absolute atomic E-state index is 0.112. The highest BCUT2D eigenvalue weighted by atomic mass is 16.7. The molecule has 6 unspecified atom stereocenters. The molecule has 9 nitrogen and oxygen atoms in total. The Morgan fingerprint density at radius 2 is 0.902 bits per heavy atom. The lowest BCUT2D eigenvalue weighted by atomic mass is 9.99. The molecular formula is C52H98O9. The van der Waals surface area contributed by atoms with Gasteiger partial charge in [0, 0.05) is 13.0 Å². The summed E-state index contributed by atoms with van der Waals surface area (Å²) in [5, 5.41) is 40.2. The number of aliphatic hydroxyl groups excluding tert-OH is 4. The van der Waals surface area contributed by atoms with Gasteiger partial charge in [0.1, 0.15) is 30.5 Å². The smallest absolute Gasteiger partial charge is 0.306 e. The highest BCUT2D eigenvalue weighted by Crippen LogP contribution is 2.23. The van der Waals surface area contributed by atoms with Gasteiger partial charge in [-0.05, 0) is 64.2 Å². The lowest BCUT2D eigenvalue weighted by Crippen LogP contribution is -2.59. The number of rotatable bonds is 45. The number of carbonyl (C=O) groups excluding carboxylic acids is 1. The average Bonchev–Trinajstić information content (AvgIpc) is 3.26. The SMILES string of the molecule is CCCCCCCC/C=C\CCCCCCCCCCCCOCC(COC1OC(CO)C(O)C(O)C1O)OC(=O)CCCCCCCCC/C=C\CCCCCCCCC. The summed E-state index contributed by atoms with van der Waals surface area (Å²) in [4.78, 5) is 12.8. The summed E-state index contributed by atoms with van der Waals surface area (Å²) < 4.78 is 22.9. The molecule has 1 aliphatic heterocycles. The van der Waals surface area contributed by atoms with Crippen LogP contribution in [0.5, 0.6) is 0 Å². The second kappa shape index (κ2) is 43.9. The molecule has 0 radical (unpaired) electrons. The fourth-order valence-electron chi connectivity index (χ4n) is 8.01. The minimum atomic E-state index is -1.54. The van der Waals surface area contributed by atoms with E-state index < -0.39 is 43.4 Å². The first kappa shape index (κ1) is 57.7. The molecular weight excluding hydrogens is 769 g/mol. The first-order valence-corrected chi connectivity index (χ1v) is 25.9. The summed E-state index contributed by atoms with van der Waals surface area (Å²) in [6.07, 6.45) is 44.9. The van der Waals surface area contributed by atoms with Crippen molar-refractivity contribution < 1.29 is 44.2 Å². The Balaban J connectivity index is 2.20. The lowest BCUT2D eigenvalue weighted by Gasteiger charge is -2.39. The summed E-state index contributed by atoms with van der Waals surface area (Å²) >= 11 is 0. The molecule has 1 saturated heterocycles. The van der Waals surface area contributed by atoms with Crippen LogP contribution >= 0.6 is 0 Å². The van der Waals surface area contributed by atoms with E-state index in [9.17, 15) is 25.2 Å². The third-order valence-electron chi connectivity index (χ3n) is 12.1. The van der Waals surface area contributed by atoms with Crippen molar-refractivity contribution in [2.24, 2.45) is 0 Å². The maximum atomic E-state index is 12.8. The van der Waals surface area contributed by atoms with Crippen LogP contribution in [0.4, 0.5) is 0 Å². The van der Waals surface area contributed by atoms with Crippen LogP contribution in [0.1, 0.15) is 239 Å². The van der Waals surface area contributed by atoms with E-state index in [1.807, 2.05) is 0 Å². The summed E-state index contributed by atoms with van der Waals surface area (Å²) in [5.41, 5.74) is 0. The monoisotopic (exact) mass is 867 g/mol. The number of hydrogen-bond donors (Lipinski definition) is 4. The largest absolute Gasteiger partial charge is 0.457 e. The lowest BCUT2D eigenvalue weighted by molar-refractivity contribution is -0.305. The molecule has 1 aliphatic rings. The van der Waals surface area contributed by atoms with Gasteiger partial charge >= 0.3 is 5.97 Å². The Morgan fingerprint density at radius 3 is 1.33 bits per heavy atom. The molecule has 4 N–H and O–H groups in total. The molecule has 0 amide bonds. The van der Waals surface area contributed by atoms with Crippen LogP contribution < -0.4 is 0 Å². The number of carbonyl (C=O) groups is 1. The van der Waals surface area contributed by atoms with E-state index in [4.69, 9.17) is 18.9 Å². The summed E-state index contributed by atoms with van der Waals surface area (Å²) in [6, 6.07) is 0. The van der Waals surface area contributed by atoms with Crippen molar-refractivity contribution in [3.63, 3.8) is 0 Å². The third-order valence-corrected chi connectivity index (χ3v) is 12.1. The van der Waals surface area contributed by atoms with Crippen LogP contribution in [0.15, 0.2) is 24.3 Å². The first-order valence-electron chi connectivity index (χ1n) is 25.9. The van der Waals surface area contributed by atoms with Crippen LogP contribution in [-0.4, -0.2) is 89.6 Å². The molecule has 0 spiro atoms. The molecule has 6 atom stereocenters. The van der Waals surface area contributed by atoms with Crippen molar-refractivity contribution >= 4 is 5.97 Å². The van der Waals surface area contributed by atoms with Crippen LogP contribution in [0.25, 0.3) is 0 Å².